The zero-order valence-electron chi connectivity index (χ0n) is 11.7. The van der Waals surface area contributed by atoms with Crippen LogP contribution in [0.15, 0.2) is 0 Å². The van der Waals surface area contributed by atoms with Crippen LogP contribution in [0.4, 0.5) is 0 Å². The maximum absolute atomic E-state index is 4.09. The average Bonchev–Trinajstić information content (AvgIpc) is 2.45. The van der Waals surface area contributed by atoms with E-state index in [0.717, 1.165) is 23.2 Å². The zero-order valence-corrected chi connectivity index (χ0v) is 14.6. The van der Waals surface area contributed by atoms with Crippen LogP contribution in [0.3, 0.4) is 0 Å². The average molecular weight is 468 g/mol. The standard InChI is InChI=1S/C16H29.Cm/c1-4-15-7-11-16(12-8-15)9-5-13(2)14(3)6-10-16;/h13-15H,1,4-12H2,2-3H3;/q-1;. The molecule has 0 N–H and O–H groups in total. The fraction of sp³-hybridized carbons (Fsp3) is 0.938. The van der Waals surface area contributed by atoms with Crippen molar-refractivity contribution in [2.24, 2.45) is 23.2 Å². The second-order valence-corrected chi connectivity index (χ2v) is 6.76. The first-order chi connectivity index (χ1) is 7.65. The largest absolute Gasteiger partial charge is 0.343 e. The molecule has 2 aliphatic carbocycles. The minimum atomic E-state index is 0. The van der Waals surface area contributed by atoms with Gasteiger partial charge in [0, 0.05) is 0 Å². The van der Waals surface area contributed by atoms with Gasteiger partial charge in [-0.2, -0.15) is 6.42 Å². The molecule has 2 rings (SSSR count). The Labute approximate surface area is 102 Å². The van der Waals surface area contributed by atoms with Gasteiger partial charge in [0.15, 0.2) is 0 Å². The Morgan fingerprint density at radius 1 is 0.882 bits per heavy atom. The van der Waals surface area contributed by atoms with Gasteiger partial charge in [0.2, 0.25) is 0 Å². The van der Waals surface area contributed by atoms with Crippen LogP contribution in [0, 0.1) is 30.1 Å². The van der Waals surface area contributed by atoms with Crippen LogP contribution in [0.5, 0.6) is 0 Å². The number of hydrogen-bond acceptors (Lipinski definition) is 0. The summed E-state index contributed by atoms with van der Waals surface area (Å²) in [6.07, 6.45) is 13.1. The number of hydrogen-bond donors (Lipinski definition) is 0. The molecule has 0 radical (unpaired) electrons. The molecule has 1 heteroatoms. The zero-order chi connectivity index (χ0) is 11.6. The Balaban J connectivity index is 0.00000144. The van der Waals surface area contributed by atoms with Crippen molar-refractivity contribution in [2.75, 3.05) is 0 Å². The molecule has 0 saturated heterocycles. The minimum Gasteiger partial charge on any atom is -0.343 e. The van der Waals surface area contributed by atoms with Gasteiger partial charge in [-0.3, -0.25) is 0 Å². The van der Waals surface area contributed by atoms with E-state index in [0.29, 0.717) is 0 Å². The van der Waals surface area contributed by atoms with E-state index in [2.05, 4.69) is 20.8 Å². The molecule has 1 spiro atoms. The quantitative estimate of drug-likeness (QED) is 0.463. The molecule has 2 atom stereocenters. The molecule has 0 aromatic rings. The SMILES string of the molecule is [CH2-]CC1CCC2(CC1)CCC(C)C(C)CC2.[Cm]. The first-order valence-electron chi connectivity index (χ1n) is 7.44. The molecule has 17 heavy (non-hydrogen) atoms. The summed E-state index contributed by atoms with van der Waals surface area (Å²) in [7, 11) is 0. The fourth-order valence-electron chi connectivity index (χ4n) is 3.84. The Bertz CT molecular complexity index is 202. The van der Waals surface area contributed by atoms with Crippen molar-refractivity contribution in [2.45, 2.75) is 71.6 Å². The molecular formula is C16H29Cm-. The molecule has 0 amide bonds. The van der Waals surface area contributed by atoms with Gasteiger partial charge in [-0.25, -0.2) is 0 Å². The van der Waals surface area contributed by atoms with Crippen LogP contribution in [0.1, 0.15) is 71.6 Å². The third-order valence-corrected chi connectivity index (χ3v) is 5.81. The van der Waals surface area contributed by atoms with E-state index < -0.39 is 0 Å². The van der Waals surface area contributed by atoms with Gasteiger partial charge in [-0.1, -0.05) is 32.6 Å². The van der Waals surface area contributed by atoms with Gasteiger partial charge in [-0.05, 0) is 55.8 Å². The molecule has 0 aromatic heterocycles. The van der Waals surface area contributed by atoms with Crippen LogP contribution in [0.2, 0.25) is 0 Å². The molecule has 0 aromatic carbocycles. The van der Waals surface area contributed by atoms with Gasteiger partial charge >= 0.3 is 0 Å². The van der Waals surface area contributed by atoms with E-state index in [1.165, 1.54) is 57.8 Å². The van der Waals surface area contributed by atoms with Gasteiger partial charge in [0.05, 0.1) is 0 Å². The molecule has 102 valence electrons. The molecule has 0 aliphatic heterocycles. The monoisotopic (exact) mass is 464 g/mol. The summed E-state index contributed by atoms with van der Waals surface area (Å²) in [6, 6.07) is 0. The van der Waals surface area contributed by atoms with Crippen molar-refractivity contribution < 1.29 is 0 Å². The molecule has 0 bridgehead atoms. The van der Waals surface area contributed by atoms with Gasteiger partial charge < -0.3 is 6.92 Å². The predicted octanol–water partition coefficient (Wildman–Crippen LogP) is 5.23. The summed E-state index contributed by atoms with van der Waals surface area (Å²) in [5.74, 6) is 2.87. The van der Waals surface area contributed by atoms with E-state index in [4.69, 9.17) is 0 Å². The second-order valence-electron chi connectivity index (χ2n) is 6.76. The Hall–Kier alpha value is -1.00. The normalized spacial score (nSPS) is 42.9. The smallest absolute Gasteiger partial charge is 0 e. The summed E-state index contributed by atoms with van der Waals surface area (Å²) >= 11 is 0. The van der Waals surface area contributed by atoms with Crippen LogP contribution >= 0.6 is 0 Å². The van der Waals surface area contributed by atoms with Crippen LogP contribution in [-0.4, -0.2) is 0 Å². The van der Waals surface area contributed by atoms with Crippen molar-refractivity contribution in [1.29, 1.82) is 0 Å². The number of rotatable bonds is 1. The third kappa shape index (κ3) is 3.01. The molecular weight excluding hydrogens is 439 g/mol. The van der Waals surface area contributed by atoms with Gasteiger partial charge in [0.25, 0.3) is 0 Å². The fourth-order valence-corrected chi connectivity index (χ4v) is 3.84. The summed E-state index contributed by atoms with van der Waals surface area (Å²) in [5.41, 5.74) is 0.755. The summed E-state index contributed by atoms with van der Waals surface area (Å²) in [4.78, 5) is 0. The summed E-state index contributed by atoms with van der Waals surface area (Å²) in [6.45, 7) is 9.01. The van der Waals surface area contributed by atoms with Gasteiger partial charge in [-0.15, -0.1) is 0 Å². The molecule has 2 unspecified atom stereocenters. The first kappa shape index (κ1) is 14.1. The maximum atomic E-state index is 4.09. The van der Waals surface area contributed by atoms with Gasteiger partial charge in [0.1, 0.15) is 0 Å². The van der Waals surface area contributed by atoms with Crippen molar-refractivity contribution >= 4 is 0 Å². The predicted molar refractivity (Wildman–Crippen MR) is 71.2 cm³/mol. The topological polar surface area (TPSA) is 0 Å². The van der Waals surface area contributed by atoms with Crippen LogP contribution in [-0.2, 0) is 0 Å². The van der Waals surface area contributed by atoms with Crippen molar-refractivity contribution in [3.05, 3.63) is 6.92 Å². The molecule has 2 fully saturated rings. The van der Waals surface area contributed by atoms with E-state index >= 15 is 0 Å². The maximum Gasteiger partial charge on any atom is 0 e. The minimum absolute atomic E-state index is 0. The molecule has 0 heterocycles. The Morgan fingerprint density at radius 2 is 1.29 bits per heavy atom. The summed E-state index contributed by atoms with van der Waals surface area (Å²) in [5, 5.41) is 0. The summed E-state index contributed by atoms with van der Waals surface area (Å²) < 4.78 is 0. The third-order valence-electron chi connectivity index (χ3n) is 5.81. The van der Waals surface area contributed by atoms with Crippen LogP contribution < -0.4 is 0 Å². The van der Waals surface area contributed by atoms with E-state index in [1.807, 2.05) is 0 Å². The van der Waals surface area contributed by atoms with E-state index in [1.54, 1.807) is 0 Å². The Kier molecular flexibility index (Phi) is 4.60. The second kappa shape index (κ2) is 5.56. The van der Waals surface area contributed by atoms with E-state index in [-0.39, 0.29) is 0 Å². The van der Waals surface area contributed by atoms with E-state index in [9.17, 15) is 0 Å². The molecule has 2 saturated carbocycles. The molecule has 2 aliphatic rings. The first-order valence-corrected chi connectivity index (χ1v) is 7.44. The van der Waals surface area contributed by atoms with Crippen LogP contribution in [0.25, 0.3) is 0 Å². The molecule has 0 nitrogen and oxygen atoms in total. The van der Waals surface area contributed by atoms with Crippen molar-refractivity contribution in [3.63, 3.8) is 0 Å². The van der Waals surface area contributed by atoms with Crippen molar-refractivity contribution in [3.8, 4) is 0 Å². The van der Waals surface area contributed by atoms with Crippen molar-refractivity contribution in [1.82, 2.24) is 0 Å². The Morgan fingerprint density at radius 3 is 1.71 bits per heavy atom.